The summed E-state index contributed by atoms with van der Waals surface area (Å²) in [7, 11) is 4.54. The van der Waals surface area contributed by atoms with Crippen LogP contribution in [0.25, 0.3) is 11.1 Å². The minimum absolute atomic E-state index is 0.285. The van der Waals surface area contributed by atoms with Crippen molar-refractivity contribution >= 4 is 22.7 Å². The van der Waals surface area contributed by atoms with Crippen LogP contribution in [0, 0.1) is 0 Å². The molecule has 4 aromatic rings. The Morgan fingerprint density at radius 3 is 2.21 bits per heavy atom. The Hall–Kier alpha value is -4.00. The van der Waals surface area contributed by atoms with Crippen LogP contribution >= 0.6 is 0 Å². The van der Waals surface area contributed by atoms with Crippen molar-refractivity contribution in [3.05, 3.63) is 77.2 Å². The summed E-state index contributed by atoms with van der Waals surface area (Å²) >= 11 is 0. The molecule has 0 aliphatic rings. The normalized spacial score (nSPS) is 11.0. The molecular formula is C27H28N2O5. The van der Waals surface area contributed by atoms with Crippen LogP contribution in [0.1, 0.15) is 47.1 Å². The van der Waals surface area contributed by atoms with E-state index < -0.39 is 0 Å². The molecule has 1 aromatic heterocycles. The monoisotopic (exact) mass is 460 g/mol. The lowest BCUT2D eigenvalue weighted by molar-refractivity contribution is 0.102. The van der Waals surface area contributed by atoms with E-state index in [-0.39, 0.29) is 5.91 Å². The lowest BCUT2D eigenvalue weighted by Crippen LogP contribution is -2.12. The molecule has 0 unspecified atom stereocenters. The highest BCUT2D eigenvalue weighted by Gasteiger charge is 2.17. The van der Waals surface area contributed by atoms with Crippen LogP contribution in [0.15, 0.2) is 59.0 Å². The molecule has 0 spiro atoms. The number of anilines is 1. The molecule has 1 amide bonds. The summed E-state index contributed by atoms with van der Waals surface area (Å²) in [4.78, 5) is 17.5. The summed E-state index contributed by atoms with van der Waals surface area (Å²) < 4.78 is 21.9. The Labute approximate surface area is 198 Å². The second kappa shape index (κ2) is 9.87. The van der Waals surface area contributed by atoms with Crippen LogP contribution in [0.3, 0.4) is 0 Å². The molecule has 3 aromatic carbocycles. The molecular weight excluding hydrogens is 432 g/mol. The molecule has 4 rings (SSSR count). The number of nitrogens with one attached hydrogen (secondary N) is 1. The molecule has 0 atom stereocenters. The number of carbonyl (C=O) groups is 1. The minimum atomic E-state index is -0.285. The van der Waals surface area contributed by atoms with E-state index in [1.54, 1.807) is 12.1 Å². The molecule has 0 fully saturated rings. The topological polar surface area (TPSA) is 82.8 Å². The van der Waals surface area contributed by atoms with Gasteiger partial charge in [-0.15, -0.1) is 0 Å². The first-order chi connectivity index (χ1) is 16.4. The fourth-order valence-corrected chi connectivity index (χ4v) is 3.72. The number of amides is 1. The maximum atomic E-state index is 12.8. The number of rotatable bonds is 8. The van der Waals surface area contributed by atoms with E-state index in [1.807, 2.05) is 30.3 Å². The van der Waals surface area contributed by atoms with Crippen LogP contribution in [0.4, 0.5) is 5.69 Å². The zero-order valence-electron chi connectivity index (χ0n) is 20.0. The van der Waals surface area contributed by atoms with Gasteiger partial charge in [0.25, 0.3) is 5.91 Å². The molecule has 1 heterocycles. The number of methoxy groups -OCH3 is 3. The predicted octanol–water partition coefficient (Wildman–Crippen LogP) is 5.82. The van der Waals surface area contributed by atoms with Crippen LogP contribution in [-0.2, 0) is 6.42 Å². The smallest absolute Gasteiger partial charge is 0.255 e. The number of oxazole rings is 1. The van der Waals surface area contributed by atoms with E-state index in [0.717, 1.165) is 16.7 Å². The van der Waals surface area contributed by atoms with Crippen molar-refractivity contribution in [1.82, 2.24) is 4.98 Å². The van der Waals surface area contributed by atoms with Gasteiger partial charge in [0.2, 0.25) is 5.75 Å². The average molecular weight is 461 g/mol. The highest BCUT2D eigenvalue weighted by molar-refractivity contribution is 6.05. The summed E-state index contributed by atoms with van der Waals surface area (Å²) in [5.74, 6) is 2.08. The van der Waals surface area contributed by atoms with Gasteiger partial charge in [0.15, 0.2) is 23.0 Å². The highest BCUT2D eigenvalue weighted by Crippen LogP contribution is 2.38. The lowest BCUT2D eigenvalue weighted by atomic mass is 10.0. The zero-order valence-corrected chi connectivity index (χ0v) is 20.0. The SMILES string of the molecule is COc1cc(C(=O)Nc2ccc(Cc3nc4cc(C(C)C)ccc4o3)cc2)cc(OC)c1OC. The number of fused-ring (bicyclic) bond motifs is 1. The van der Waals surface area contributed by atoms with Crippen molar-refractivity contribution in [3.8, 4) is 17.2 Å². The Kier molecular flexibility index (Phi) is 6.72. The summed E-state index contributed by atoms with van der Waals surface area (Å²) in [5.41, 5.74) is 4.98. The molecule has 0 saturated carbocycles. The third-order valence-electron chi connectivity index (χ3n) is 5.62. The van der Waals surface area contributed by atoms with E-state index in [4.69, 9.17) is 18.6 Å². The van der Waals surface area contributed by atoms with Crippen LogP contribution in [0.5, 0.6) is 17.2 Å². The van der Waals surface area contributed by atoms with E-state index in [0.29, 0.717) is 46.7 Å². The number of nitrogens with zero attached hydrogens (tertiary/aromatic N) is 1. The van der Waals surface area contributed by atoms with Gasteiger partial charge in [-0.1, -0.05) is 32.0 Å². The second-order valence-electron chi connectivity index (χ2n) is 8.23. The molecule has 176 valence electrons. The van der Waals surface area contributed by atoms with E-state index in [1.165, 1.54) is 26.9 Å². The number of aromatic nitrogens is 1. The third kappa shape index (κ3) is 4.83. The largest absolute Gasteiger partial charge is 0.493 e. The Morgan fingerprint density at radius 1 is 0.941 bits per heavy atom. The van der Waals surface area contributed by atoms with E-state index >= 15 is 0 Å². The van der Waals surface area contributed by atoms with Crippen molar-refractivity contribution in [2.45, 2.75) is 26.2 Å². The van der Waals surface area contributed by atoms with Gasteiger partial charge < -0.3 is 23.9 Å². The van der Waals surface area contributed by atoms with Gasteiger partial charge in [-0.3, -0.25) is 4.79 Å². The first-order valence-corrected chi connectivity index (χ1v) is 11.0. The van der Waals surface area contributed by atoms with Crippen LogP contribution in [-0.4, -0.2) is 32.2 Å². The molecule has 34 heavy (non-hydrogen) atoms. The van der Waals surface area contributed by atoms with Gasteiger partial charge in [-0.25, -0.2) is 4.98 Å². The summed E-state index contributed by atoms with van der Waals surface area (Å²) in [6.45, 7) is 4.31. The number of ether oxygens (including phenoxy) is 3. The van der Waals surface area contributed by atoms with Crippen molar-refractivity contribution in [1.29, 1.82) is 0 Å². The molecule has 7 nitrogen and oxygen atoms in total. The van der Waals surface area contributed by atoms with Crippen molar-refractivity contribution in [2.24, 2.45) is 0 Å². The molecule has 0 aliphatic carbocycles. The molecule has 0 aliphatic heterocycles. The Bertz CT molecular complexity index is 1280. The number of benzene rings is 3. The maximum absolute atomic E-state index is 12.8. The first-order valence-electron chi connectivity index (χ1n) is 11.0. The summed E-state index contributed by atoms with van der Waals surface area (Å²) in [5, 5.41) is 2.90. The van der Waals surface area contributed by atoms with Gasteiger partial charge in [0.1, 0.15) is 5.52 Å². The Morgan fingerprint density at radius 2 is 1.62 bits per heavy atom. The summed E-state index contributed by atoms with van der Waals surface area (Å²) in [6.07, 6.45) is 0.562. The molecule has 0 bridgehead atoms. The first kappa shape index (κ1) is 23.2. The standard InChI is InChI=1S/C27H28N2O5/c1-16(2)18-8-11-22-21(13-18)29-25(34-22)12-17-6-9-20(10-7-17)28-27(30)19-14-23(31-3)26(33-5)24(15-19)32-4/h6-11,13-16H,12H2,1-5H3,(H,28,30). The minimum Gasteiger partial charge on any atom is -0.493 e. The number of hydrogen-bond donors (Lipinski definition) is 1. The van der Waals surface area contributed by atoms with Crippen LogP contribution in [0.2, 0.25) is 0 Å². The van der Waals surface area contributed by atoms with E-state index in [9.17, 15) is 4.79 Å². The van der Waals surface area contributed by atoms with Gasteiger partial charge in [0, 0.05) is 17.7 Å². The molecule has 1 N–H and O–H groups in total. The molecule has 7 heteroatoms. The fraction of sp³-hybridized carbons (Fsp3) is 0.259. The number of hydrogen-bond acceptors (Lipinski definition) is 6. The maximum Gasteiger partial charge on any atom is 0.255 e. The molecule has 0 radical (unpaired) electrons. The predicted molar refractivity (Wildman–Crippen MR) is 131 cm³/mol. The van der Waals surface area contributed by atoms with Gasteiger partial charge in [0.05, 0.1) is 21.3 Å². The second-order valence-corrected chi connectivity index (χ2v) is 8.23. The quantitative estimate of drug-likeness (QED) is 0.357. The van der Waals surface area contributed by atoms with Crippen molar-refractivity contribution in [3.63, 3.8) is 0 Å². The van der Waals surface area contributed by atoms with Gasteiger partial charge in [-0.05, 0) is 53.4 Å². The van der Waals surface area contributed by atoms with Gasteiger partial charge in [-0.2, -0.15) is 0 Å². The molecule has 0 saturated heterocycles. The van der Waals surface area contributed by atoms with E-state index in [2.05, 4.69) is 36.3 Å². The average Bonchev–Trinajstić information content (AvgIpc) is 3.25. The van der Waals surface area contributed by atoms with Crippen LogP contribution < -0.4 is 19.5 Å². The highest BCUT2D eigenvalue weighted by atomic mass is 16.5. The number of carbonyl (C=O) groups excluding carboxylic acids is 1. The zero-order chi connectivity index (χ0) is 24.2. The summed E-state index contributed by atoms with van der Waals surface area (Å²) in [6, 6.07) is 16.9. The fourth-order valence-electron chi connectivity index (χ4n) is 3.72. The lowest BCUT2D eigenvalue weighted by Gasteiger charge is -2.14. The van der Waals surface area contributed by atoms with Crippen molar-refractivity contribution < 1.29 is 23.4 Å². The van der Waals surface area contributed by atoms with Crippen molar-refractivity contribution in [2.75, 3.05) is 26.6 Å². The third-order valence-corrected chi connectivity index (χ3v) is 5.62. The van der Waals surface area contributed by atoms with Gasteiger partial charge >= 0.3 is 0 Å². The Balaban J connectivity index is 1.47.